The second-order valence-corrected chi connectivity index (χ2v) is 4.74. The lowest BCUT2D eigenvalue weighted by atomic mass is 9.94. The fourth-order valence-electron chi connectivity index (χ4n) is 2.04. The molecular formula is C12H24N4O. The first-order chi connectivity index (χ1) is 8.01. The van der Waals surface area contributed by atoms with Crippen molar-refractivity contribution >= 4 is 0 Å². The third kappa shape index (κ3) is 3.80. The lowest BCUT2D eigenvalue weighted by molar-refractivity contribution is -0.0401. The summed E-state index contributed by atoms with van der Waals surface area (Å²) in [5, 5.41) is 4.15. The Labute approximate surface area is 103 Å². The summed E-state index contributed by atoms with van der Waals surface area (Å²) in [5.74, 6) is 5.61. The topological polar surface area (TPSA) is 65.1 Å². The number of hydrazine groups is 1. The highest BCUT2D eigenvalue weighted by Gasteiger charge is 2.28. The Kier molecular flexibility index (Phi) is 5.11. The molecular weight excluding hydrogens is 216 g/mol. The van der Waals surface area contributed by atoms with Crippen molar-refractivity contribution in [1.29, 1.82) is 0 Å². The maximum atomic E-state index is 5.72. The summed E-state index contributed by atoms with van der Waals surface area (Å²) in [6.07, 6.45) is 3.67. The quantitative estimate of drug-likeness (QED) is 0.551. The molecule has 1 heterocycles. The van der Waals surface area contributed by atoms with Gasteiger partial charge in [-0.3, -0.25) is 16.0 Å². The van der Waals surface area contributed by atoms with Gasteiger partial charge in [-0.1, -0.05) is 0 Å². The Hall–Kier alpha value is -0.910. The third-order valence-electron chi connectivity index (χ3n) is 3.17. The van der Waals surface area contributed by atoms with Crippen LogP contribution >= 0.6 is 0 Å². The predicted octanol–water partition coefficient (Wildman–Crippen LogP) is 1.000. The van der Waals surface area contributed by atoms with Gasteiger partial charge in [-0.15, -0.1) is 0 Å². The molecule has 0 aromatic carbocycles. The Morgan fingerprint density at radius 2 is 2.29 bits per heavy atom. The number of nitrogens with one attached hydrogen (secondary N) is 1. The van der Waals surface area contributed by atoms with E-state index in [1.54, 1.807) is 0 Å². The maximum absolute atomic E-state index is 5.72. The first-order valence-electron chi connectivity index (χ1n) is 6.08. The van der Waals surface area contributed by atoms with Gasteiger partial charge in [0, 0.05) is 31.6 Å². The minimum Gasteiger partial charge on any atom is -0.374 e. The van der Waals surface area contributed by atoms with E-state index >= 15 is 0 Å². The molecule has 0 saturated heterocycles. The average Bonchev–Trinajstić information content (AvgIpc) is 2.65. The summed E-state index contributed by atoms with van der Waals surface area (Å²) in [6.45, 7) is 6.81. The third-order valence-corrected chi connectivity index (χ3v) is 3.17. The molecule has 0 bridgehead atoms. The fourth-order valence-corrected chi connectivity index (χ4v) is 2.04. The number of rotatable bonds is 7. The van der Waals surface area contributed by atoms with Gasteiger partial charge < -0.3 is 4.74 Å². The summed E-state index contributed by atoms with van der Waals surface area (Å²) in [6, 6.07) is 2.15. The second kappa shape index (κ2) is 6.14. The van der Waals surface area contributed by atoms with Crippen molar-refractivity contribution in [1.82, 2.24) is 15.2 Å². The van der Waals surface area contributed by atoms with Crippen LogP contribution in [0.1, 0.15) is 32.9 Å². The molecule has 1 unspecified atom stereocenters. The second-order valence-electron chi connectivity index (χ2n) is 4.74. The number of hydrogen-bond acceptors (Lipinski definition) is 4. The molecule has 1 atom stereocenters. The lowest BCUT2D eigenvalue weighted by Crippen LogP contribution is -2.51. The number of aryl methyl sites for hydroxylation is 2. The molecule has 1 aromatic heterocycles. The van der Waals surface area contributed by atoms with Gasteiger partial charge in [-0.25, -0.2) is 0 Å². The molecule has 1 aromatic rings. The van der Waals surface area contributed by atoms with Crippen molar-refractivity contribution in [3.63, 3.8) is 0 Å². The maximum Gasteiger partial charge on any atom is 0.0792 e. The van der Waals surface area contributed by atoms with E-state index in [0.29, 0.717) is 6.61 Å². The van der Waals surface area contributed by atoms with Gasteiger partial charge >= 0.3 is 0 Å². The van der Waals surface area contributed by atoms with Crippen LogP contribution in [0, 0.1) is 0 Å². The van der Waals surface area contributed by atoms with Gasteiger partial charge in [0.25, 0.3) is 0 Å². The molecule has 1 rings (SSSR count). The Bertz CT molecular complexity index is 335. The van der Waals surface area contributed by atoms with Crippen molar-refractivity contribution in [3.05, 3.63) is 18.0 Å². The van der Waals surface area contributed by atoms with Crippen LogP contribution in [-0.4, -0.2) is 28.0 Å². The summed E-state index contributed by atoms with van der Waals surface area (Å²) in [7, 11) is 1.95. The van der Waals surface area contributed by atoms with Crippen LogP contribution in [0.15, 0.2) is 12.3 Å². The smallest absolute Gasteiger partial charge is 0.0792 e. The molecule has 0 radical (unpaired) electrons. The molecule has 0 aliphatic carbocycles. The summed E-state index contributed by atoms with van der Waals surface area (Å²) in [4.78, 5) is 0. The first-order valence-corrected chi connectivity index (χ1v) is 6.08. The van der Waals surface area contributed by atoms with Crippen LogP contribution in [0.3, 0.4) is 0 Å². The Morgan fingerprint density at radius 3 is 2.76 bits per heavy atom. The van der Waals surface area contributed by atoms with Crippen molar-refractivity contribution in [3.8, 4) is 0 Å². The van der Waals surface area contributed by atoms with Crippen LogP contribution in [-0.2, 0) is 18.2 Å². The molecule has 0 spiro atoms. The molecule has 0 saturated carbocycles. The largest absolute Gasteiger partial charge is 0.374 e. The predicted molar refractivity (Wildman–Crippen MR) is 68.3 cm³/mol. The number of aromatic nitrogens is 2. The standard InChI is InChI=1S/C12H24N4O/c1-5-17-12(2,3)11(15-13)7-6-10-8-9-14-16(10)4/h8-9,11,15H,5-7,13H2,1-4H3. The van der Waals surface area contributed by atoms with Crippen LogP contribution < -0.4 is 11.3 Å². The van der Waals surface area contributed by atoms with Crippen LogP contribution in [0.4, 0.5) is 0 Å². The highest BCUT2D eigenvalue weighted by atomic mass is 16.5. The van der Waals surface area contributed by atoms with Crippen LogP contribution in [0.5, 0.6) is 0 Å². The molecule has 0 amide bonds. The van der Waals surface area contributed by atoms with E-state index in [9.17, 15) is 0 Å². The Morgan fingerprint density at radius 1 is 1.59 bits per heavy atom. The minimum atomic E-state index is -0.262. The normalized spacial score (nSPS) is 13.9. The van der Waals surface area contributed by atoms with Crippen molar-refractivity contribution in [2.75, 3.05) is 6.61 Å². The number of nitrogens with two attached hydrogens (primary N) is 1. The van der Waals surface area contributed by atoms with Crippen molar-refractivity contribution < 1.29 is 4.74 Å². The zero-order chi connectivity index (χ0) is 12.9. The summed E-state index contributed by atoms with van der Waals surface area (Å²) >= 11 is 0. The lowest BCUT2D eigenvalue weighted by Gasteiger charge is -2.33. The molecule has 3 N–H and O–H groups in total. The molecule has 0 fully saturated rings. The molecule has 17 heavy (non-hydrogen) atoms. The van der Waals surface area contributed by atoms with E-state index < -0.39 is 0 Å². The van der Waals surface area contributed by atoms with Crippen molar-refractivity contribution in [2.45, 2.75) is 45.3 Å². The zero-order valence-electron chi connectivity index (χ0n) is 11.2. The molecule has 0 aliphatic rings. The fraction of sp³-hybridized carbons (Fsp3) is 0.750. The molecule has 5 nitrogen and oxygen atoms in total. The van der Waals surface area contributed by atoms with Crippen molar-refractivity contribution in [2.24, 2.45) is 12.9 Å². The number of hydrogen-bond donors (Lipinski definition) is 2. The zero-order valence-corrected chi connectivity index (χ0v) is 11.2. The van der Waals surface area contributed by atoms with E-state index in [-0.39, 0.29) is 11.6 Å². The summed E-state index contributed by atoms with van der Waals surface area (Å²) in [5.41, 5.74) is 3.80. The van der Waals surface area contributed by atoms with Gasteiger partial charge in [-0.05, 0) is 39.7 Å². The Balaban J connectivity index is 2.56. The monoisotopic (exact) mass is 240 g/mol. The summed E-state index contributed by atoms with van der Waals surface area (Å²) < 4.78 is 7.61. The average molecular weight is 240 g/mol. The highest BCUT2D eigenvalue weighted by Crippen LogP contribution is 2.18. The van der Waals surface area contributed by atoms with Gasteiger partial charge in [0.15, 0.2) is 0 Å². The SMILES string of the molecule is CCOC(C)(C)C(CCc1ccnn1C)NN. The van der Waals surface area contributed by atoms with Gasteiger partial charge in [-0.2, -0.15) is 5.10 Å². The van der Waals surface area contributed by atoms with E-state index in [1.807, 2.05) is 30.9 Å². The van der Waals surface area contributed by atoms with Crippen LogP contribution in [0.25, 0.3) is 0 Å². The highest BCUT2D eigenvalue weighted by molar-refractivity contribution is 5.01. The number of ether oxygens (including phenoxy) is 1. The van der Waals surface area contributed by atoms with E-state index in [4.69, 9.17) is 10.6 Å². The van der Waals surface area contributed by atoms with Gasteiger partial charge in [0.2, 0.25) is 0 Å². The van der Waals surface area contributed by atoms with Crippen LogP contribution in [0.2, 0.25) is 0 Å². The number of nitrogens with zero attached hydrogens (tertiary/aromatic N) is 2. The first kappa shape index (κ1) is 14.2. The van der Waals surface area contributed by atoms with Gasteiger partial charge in [0.05, 0.1) is 5.60 Å². The molecule has 0 aliphatic heterocycles. The van der Waals surface area contributed by atoms with E-state index in [1.165, 1.54) is 5.69 Å². The van der Waals surface area contributed by atoms with Gasteiger partial charge in [0.1, 0.15) is 0 Å². The molecule has 98 valence electrons. The molecule has 5 heteroatoms. The van der Waals surface area contributed by atoms with E-state index in [2.05, 4.69) is 24.4 Å². The van der Waals surface area contributed by atoms with E-state index in [0.717, 1.165) is 12.8 Å². The minimum absolute atomic E-state index is 0.123.